The summed E-state index contributed by atoms with van der Waals surface area (Å²) in [7, 11) is -1.79. The van der Waals surface area contributed by atoms with Crippen molar-refractivity contribution in [1.29, 1.82) is 0 Å². The maximum atomic E-state index is 11.3. The van der Waals surface area contributed by atoms with Gasteiger partial charge in [-0.2, -0.15) is 0 Å². The zero-order valence-electron chi connectivity index (χ0n) is 7.14. The fourth-order valence-corrected chi connectivity index (χ4v) is 2.51. The van der Waals surface area contributed by atoms with Gasteiger partial charge in [0.1, 0.15) is 10.5 Å². The predicted molar refractivity (Wildman–Crippen MR) is 47.7 cm³/mol. The van der Waals surface area contributed by atoms with Crippen molar-refractivity contribution in [2.24, 2.45) is 0 Å². The highest BCUT2D eigenvalue weighted by molar-refractivity contribution is 6.67. The van der Waals surface area contributed by atoms with Crippen molar-refractivity contribution in [1.82, 2.24) is 0 Å². The van der Waals surface area contributed by atoms with Gasteiger partial charge in [-0.05, 0) is 12.6 Å². The Morgan fingerprint density at radius 3 is 2.50 bits per heavy atom. The molecule has 1 unspecified atom stereocenters. The van der Waals surface area contributed by atoms with E-state index in [0.29, 0.717) is 10.5 Å². The number of rotatable bonds is 5. The summed E-state index contributed by atoms with van der Waals surface area (Å²) in [5, 5.41) is 0. The average molecular weight is 177 g/mol. The van der Waals surface area contributed by atoms with Gasteiger partial charge in [-0.1, -0.05) is 26.2 Å². The highest BCUT2D eigenvalue weighted by Crippen LogP contribution is 2.12. The number of unbranched alkanes of at least 4 members (excludes halogenated alkanes) is 2. The average Bonchev–Trinajstić information content (AvgIpc) is 1.89. The SMILES string of the molecule is CCCCC[Si](C)([O])O[SiH3]. The molecule has 0 aromatic carbocycles. The van der Waals surface area contributed by atoms with Crippen LogP contribution in [0.4, 0.5) is 0 Å². The molecule has 2 nitrogen and oxygen atoms in total. The van der Waals surface area contributed by atoms with E-state index in [1.165, 1.54) is 12.8 Å². The van der Waals surface area contributed by atoms with Crippen LogP contribution in [0, 0.1) is 0 Å². The second-order valence-electron chi connectivity index (χ2n) is 2.80. The Morgan fingerprint density at radius 1 is 1.50 bits per heavy atom. The zero-order valence-corrected chi connectivity index (χ0v) is 10.1. The first-order chi connectivity index (χ1) is 4.62. The van der Waals surface area contributed by atoms with Crippen LogP contribution in [0.1, 0.15) is 26.2 Å². The van der Waals surface area contributed by atoms with Gasteiger partial charge in [0.15, 0.2) is 0 Å². The Labute approximate surface area is 67.4 Å². The Kier molecular flexibility index (Phi) is 5.24. The monoisotopic (exact) mass is 177 g/mol. The largest absolute Gasteiger partial charge is 0.443 e. The van der Waals surface area contributed by atoms with E-state index < -0.39 is 8.56 Å². The molecule has 0 aromatic rings. The van der Waals surface area contributed by atoms with Gasteiger partial charge in [0.05, 0.1) is 0 Å². The van der Waals surface area contributed by atoms with Crippen molar-refractivity contribution in [2.45, 2.75) is 38.8 Å². The quantitative estimate of drug-likeness (QED) is 0.454. The van der Waals surface area contributed by atoms with Gasteiger partial charge >= 0.3 is 8.56 Å². The summed E-state index contributed by atoms with van der Waals surface area (Å²) in [6.45, 7) is 3.90. The molecule has 0 fully saturated rings. The van der Waals surface area contributed by atoms with E-state index in [1.54, 1.807) is 6.55 Å². The Hall–Kier alpha value is 0.354. The zero-order chi connectivity index (χ0) is 8.04. The minimum Gasteiger partial charge on any atom is -0.443 e. The summed E-state index contributed by atoms with van der Waals surface area (Å²) >= 11 is 0. The van der Waals surface area contributed by atoms with E-state index in [9.17, 15) is 4.80 Å². The molecule has 61 valence electrons. The van der Waals surface area contributed by atoms with Gasteiger partial charge < -0.3 is 4.12 Å². The molecule has 1 atom stereocenters. The summed E-state index contributed by atoms with van der Waals surface area (Å²) < 4.78 is 5.01. The van der Waals surface area contributed by atoms with Gasteiger partial charge in [-0.15, -0.1) is 0 Å². The standard InChI is InChI=1S/C6H17O2Si2/c1-3-4-5-6-10(2,7)8-9/h3-6H2,1-2,9H3. The lowest BCUT2D eigenvalue weighted by Crippen LogP contribution is -2.31. The van der Waals surface area contributed by atoms with Crippen LogP contribution in [0.25, 0.3) is 0 Å². The van der Waals surface area contributed by atoms with E-state index in [1.807, 2.05) is 0 Å². The first-order valence-corrected chi connectivity index (χ1v) is 7.22. The fraction of sp³-hybridized carbons (Fsp3) is 1.00. The molecule has 0 saturated heterocycles. The van der Waals surface area contributed by atoms with E-state index >= 15 is 0 Å². The van der Waals surface area contributed by atoms with Crippen LogP contribution in [-0.2, 0) is 8.91 Å². The molecule has 0 N–H and O–H groups in total. The summed E-state index contributed by atoms with van der Waals surface area (Å²) in [4.78, 5) is 11.3. The summed E-state index contributed by atoms with van der Waals surface area (Å²) in [5.74, 6) is 0. The van der Waals surface area contributed by atoms with Crippen molar-refractivity contribution in [3.63, 3.8) is 0 Å². The normalized spacial score (nSPS) is 17.1. The van der Waals surface area contributed by atoms with Crippen LogP contribution in [-0.4, -0.2) is 19.0 Å². The molecule has 10 heavy (non-hydrogen) atoms. The minimum absolute atomic E-state index is 0.615. The third kappa shape index (κ3) is 5.16. The first kappa shape index (κ1) is 10.4. The minimum atomic E-state index is -2.40. The molecule has 0 aliphatic carbocycles. The van der Waals surface area contributed by atoms with Gasteiger partial charge in [0.25, 0.3) is 0 Å². The molecule has 0 saturated carbocycles. The highest BCUT2D eigenvalue weighted by atomic mass is 28.4. The molecule has 1 radical (unpaired) electrons. The van der Waals surface area contributed by atoms with Crippen LogP contribution in [0.3, 0.4) is 0 Å². The van der Waals surface area contributed by atoms with Crippen LogP contribution in [0.15, 0.2) is 0 Å². The molecular weight excluding hydrogens is 160 g/mol. The smallest absolute Gasteiger partial charge is 0.360 e. The van der Waals surface area contributed by atoms with Crippen LogP contribution >= 0.6 is 0 Å². The molecule has 0 rings (SSSR count). The number of hydrogen-bond acceptors (Lipinski definition) is 1. The van der Waals surface area contributed by atoms with E-state index in [0.717, 1.165) is 12.5 Å². The van der Waals surface area contributed by atoms with Crippen molar-refractivity contribution < 1.29 is 8.91 Å². The Bertz CT molecular complexity index is 85.8. The molecule has 4 heteroatoms. The second kappa shape index (κ2) is 5.06. The van der Waals surface area contributed by atoms with Gasteiger partial charge in [-0.25, -0.2) is 0 Å². The van der Waals surface area contributed by atoms with Crippen LogP contribution < -0.4 is 0 Å². The Balaban J connectivity index is 3.28. The van der Waals surface area contributed by atoms with Crippen molar-refractivity contribution in [3.8, 4) is 0 Å². The fourth-order valence-electron chi connectivity index (χ4n) is 0.798. The number of hydrogen-bond donors (Lipinski definition) is 0. The third-order valence-electron chi connectivity index (χ3n) is 1.67. The topological polar surface area (TPSA) is 29.1 Å². The van der Waals surface area contributed by atoms with Crippen LogP contribution in [0.2, 0.25) is 12.6 Å². The van der Waals surface area contributed by atoms with E-state index in [2.05, 4.69) is 6.92 Å². The van der Waals surface area contributed by atoms with E-state index in [4.69, 9.17) is 4.12 Å². The molecule has 0 aliphatic rings. The van der Waals surface area contributed by atoms with Gasteiger partial charge in [-0.3, -0.25) is 4.80 Å². The summed E-state index contributed by atoms with van der Waals surface area (Å²) in [5.41, 5.74) is 0. The predicted octanol–water partition coefficient (Wildman–Crippen LogP) is 0.976. The maximum Gasteiger partial charge on any atom is 0.360 e. The lowest BCUT2D eigenvalue weighted by molar-refractivity contribution is 0.320. The van der Waals surface area contributed by atoms with Crippen molar-refractivity contribution in [2.75, 3.05) is 0 Å². The van der Waals surface area contributed by atoms with Gasteiger partial charge in [0.2, 0.25) is 0 Å². The van der Waals surface area contributed by atoms with Crippen molar-refractivity contribution in [3.05, 3.63) is 0 Å². The molecular formula is C6H17O2Si2. The molecule has 0 amide bonds. The third-order valence-corrected chi connectivity index (χ3v) is 6.38. The van der Waals surface area contributed by atoms with Crippen molar-refractivity contribution >= 4 is 19.0 Å². The summed E-state index contributed by atoms with van der Waals surface area (Å²) in [6, 6.07) is 0.796. The van der Waals surface area contributed by atoms with Crippen LogP contribution in [0.5, 0.6) is 0 Å². The lowest BCUT2D eigenvalue weighted by atomic mass is 10.3. The Morgan fingerprint density at radius 2 is 2.10 bits per heavy atom. The summed E-state index contributed by atoms with van der Waals surface area (Å²) in [6.07, 6.45) is 3.42. The molecule has 0 aliphatic heterocycles. The van der Waals surface area contributed by atoms with Gasteiger partial charge in [0, 0.05) is 0 Å². The molecule has 0 aromatic heterocycles. The second-order valence-corrected chi connectivity index (χ2v) is 7.20. The molecule has 0 bridgehead atoms. The molecule has 0 heterocycles. The molecule has 0 spiro atoms. The van der Waals surface area contributed by atoms with E-state index in [-0.39, 0.29) is 0 Å². The first-order valence-electron chi connectivity index (χ1n) is 3.88. The highest BCUT2D eigenvalue weighted by Gasteiger charge is 2.25. The lowest BCUT2D eigenvalue weighted by Gasteiger charge is -2.14. The maximum absolute atomic E-state index is 11.3.